The number of ketones is 1. The Hall–Kier alpha value is -3.52. The Labute approximate surface area is 212 Å². The molecule has 8 heteroatoms. The van der Waals surface area contributed by atoms with Crippen LogP contribution in [0, 0.1) is 12.8 Å². The van der Waals surface area contributed by atoms with E-state index in [1.165, 1.54) is 18.1 Å². The van der Waals surface area contributed by atoms with Crippen molar-refractivity contribution in [3.05, 3.63) is 58.7 Å². The van der Waals surface area contributed by atoms with Gasteiger partial charge >= 0.3 is 0 Å². The van der Waals surface area contributed by atoms with Gasteiger partial charge in [-0.05, 0) is 81.4 Å². The number of nitrogens with zero attached hydrogens (tertiary/aromatic N) is 2. The summed E-state index contributed by atoms with van der Waals surface area (Å²) >= 11 is 0. The number of hydrogen-bond acceptors (Lipinski definition) is 7. The van der Waals surface area contributed by atoms with Crippen LogP contribution in [0.3, 0.4) is 0 Å². The Morgan fingerprint density at radius 3 is 2.47 bits per heavy atom. The molecular weight excluding hydrogens is 460 g/mol. The van der Waals surface area contributed by atoms with Crippen LogP contribution >= 0.6 is 0 Å². The summed E-state index contributed by atoms with van der Waals surface area (Å²) < 4.78 is 11.0. The lowest BCUT2D eigenvalue weighted by molar-refractivity contribution is -0.139. The van der Waals surface area contributed by atoms with Crippen molar-refractivity contribution in [2.24, 2.45) is 5.92 Å². The predicted molar refractivity (Wildman–Crippen MR) is 138 cm³/mol. The number of rotatable bonds is 10. The monoisotopic (exact) mass is 496 g/mol. The van der Waals surface area contributed by atoms with E-state index < -0.39 is 17.7 Å². The lowest BCUT2D eigenvalue weighted by atomic mass is 9.93. The highest BCUT2D eigenvalue weighted by Crippen LogP contribution is 2.42. The molecule has 0 aliphatic carbocycles. The summed E-state index contributed by atoms with van der Waals surface area (Å²) in [4.78, 5) is 29.9. The Morgan fingerprint density at radius 2 is 1.86 bits per heavy atom. The number of aryl methyl sites for hydroxylation is 1. The maximum Gasteiger partial charge on any atom is 0.295 e. The third-order valence-electron chi connectivity index (χ3n) is 6.10. The summed E-state index contributed by atoms with van der Waals surface area (Å²) in [6.45, 7) is 7.56. The number of phenols is 1. The van der Waals surface area contributed by atoms with Gasteiger partial charge < -0.3 is 29.5 Å². The molecule has 2 N–H and O–H groups in total. The fourth-order valence-electron chi connectivity index (χ4n) is 4.28. The highest BCUT2D eigenvalue weighted by atomic mass is 16.5. The molecule has 1 fully saturated rings. The lowest BCUT2D eigenvalue weighted by Crippen LogP contribution is -2.32. The highest BCUT2D eigenvalue weighted by molar-refractivity contribution is 6.46. The van der Waals surface area contributed by atoms with Crippen molar-refractivity contribution in [2.45, 2.75) is 33.2 Å². The van der Waals surface area contributed by atoms with Crippen LogP contribution < -0.4 is 9.47 Å². The Kier molecular flexibility index (Phi) is 8.63. The summed E-state index contributed by atoms with van der Waals surface area (Å²) in [5, 5.41) is 21.5. The number of methoxy groups -OCH3 is 1. The van der Waals surface area contributed by atoms with E-state index in [0.29, 0.717) is 42.4 Å². The normalized spacial score (nSPS) is 17.3. The summed E-state index contributed by atoms with van der Waals surface area (Å²) in [7, 11) is 5.31. The minimum absolute atomic E-state index is 0.0107. The van der Waals surface area contributed by atoms with Gasteiger partial charge in [0.05, 0.1) is 25.3 Å². The molecule has 1 aliphatic heterocycles. The number of likely N-dealkylation sites (tertiary alicyclic amines) is 1. The van der Waals surface area contributed by atoms with Gasteiger partial charge in [-0.1, -0.05) is 19.9 Å². The van der Waals surface area contributed by atoms with Crippen LogP contribution in [0.5, 0.6) is 17.2 Å². The number of ether oxygens (including phenoxy) is 2. The van der Waals surface area contributed by atoms with Gasteiger partial charge in [0.1, 0.15) is 11.5 Å². The van der Waals surface area contributed by atoms with Crippen molar-refractivity contribution in [1.29, 1.82) is 0 Å². The number of carbonyl (C=O) groups is 2. The SMILES string of the molecule is COc1cc([C@H]2/C(=C(\O)c3ccc(OCC(C)C)cc3C)C(=O)C(=O)N2CCCN(C)C)ccc1O. The van der Waals surface area contributed by atoms with Gasteiger partial charge in [-0.15, -0.1) is 0 Å². The molecule has 1 heterocycles. The fourth-order valence-corrected chi connectivity index (χ4v) is 4.28. The second-order valence-corrected chi connectivity index (χ2v) is 9.76. The Bertz CT molecular complexity index is 1150. The molecule has 1 atom stereocenters. The van der Waals surface area contributed by atoms with Crippen LogP contribution in [0.15, 0.2) is 42.0 Å². The standard InChI is InChI=1S/C28H36N2O6/c1-17(2)16-36-20-9-10-21(18(3)14-20)26(32)24-25(19-8-11-22(31)23(15-19)35-6)30(28(34)27(24)33)13-7-12-29(4)5/h8-11,14-15,17,25,31-32H,7,12-13,16H2,1-6H3/b26-24+/t25-/m0/s1. The number of aliphatic hydroxyl groups excluding tert-OH is 1. The van der Waals surface area contributed by atoms with Crippen molar-refractivity contribution >= 4 is 17.4 Å². The van der Waals surface area contributed by atoms with Gasteiger partial charge in [0, 0.05) is 12.1 Å². The van der Waals surface area contributed by atoms with Crippen LogP contribution in [0.2, 0.25) is 0 Å². The van der Waals surface area contributed by atoms with Gasteiger partial charge in [0.15, 0.2) is 11.5 Å². The molecule has 36 heavy (non-hydrogen) atoms. The maximum atomic E-state index is 13.3. The third kappa shape index (κ3) is 5.82. The average Bonchev–Trinajstić information content (AvgIpc) is 3.07. The highest BCUT2D eigenvalue weighted by Gasteiger charge is 2.46. The number of hydrogen-bond donors (Lipinski definition) is 2. The van der Waals surface area contributed by atoms with Crippen LogP contribution in [-0.2, 0) is 9.59 Å². The number of carbonyl (C=O) groups excluding carboxylic acids is 2. The predicted octanol–water partition coefficient (Wildman–Crippen LogP) is 4.12. The molecule has 0 aromatic heterocycles. The van der Waals surface area contributed by atoms with Crippen molar-refractivity contribution in [2.75, 3.05) is 40.9 Å². The fraction of sp³-hybridized carbons (Fsp3) is 0.429. The molecule has 0 saturated carbocycles. The molecule has 1 amide bonds. The number of aliphatic hydroxyl groups is 1. The Morgan fingerprint density at radius 1 is 1.14 bits per heavy atom. The molecule has 0 bridgehead atoms. The molecule has 2 aromatic carbocycles. The number of amides is 1. The van der Waals surface area contributed by atoms with Gasteiger partial charge in [0.2, 0.25) is 0 Å². The summed E-state index contributed by atoms with van der Waals surface area (Å²) in [5.41, 5.74) is 1.74. The topological polar surface area (TPSA) is 99.5 Å². The van der Waals surface area contributed by atoms with E-state index in [1.54, 1.807) is 24.3 Å². The van der Waals surface area contributed by atoms with Crippen molar-refractivity contribution in [1.82, 2.24) is 9.80 Å². The second kappa shape index (κ2) is 11.5. The minimum Gasteiger partial charge on any atom is -0.507 e. The molecule has 0 unspecified atom stereocenters. The summed E-state index contributed by atoms with van der Waals surface area (Å²) in [6, 6.07) is 9.12. The maximum absolute atomic E-state index is 13.3. The van der Waals surface area contributed by atoms with Crippen molar-refractivity contribution in [3.63, 3.8) is 0 Å². The van der Waals surface area contributed by atoms with Crippen molar-refractivity contribution < 1.29 is 29.3 Å². The molecular formula is C28H36N2O6. The number of phenolic OH excluding ortho intramolecular Hbond substituents is 1. The quantitative estimate of drug-likeness (QED) is 0.290. The van der Waals surface area contributed by atoms with E-state index in [-0.39, 0.29) is 22.8 Å². The average molecular weight is 497 g/mol. The second-order valence-electron chi connectivity index (χ2n) is 9.76. The van der Waals surface area contributed by atoms with E-state index in [2.05, 4.69) is 13.8 Å². The lowest BCUT2D eigenvalue weighted by Gasteiger charge is -2.26. The third-order valence-corrected chi connectivity index (χ3v) is 6.10. The van der Waals surface area contributed by atoms with Crippen LogP contribution in [0.4, 0.5) is 0 Å². The zero-order valence-corrected chi connectivity index (χ0v) is 21.9. The number of Topliss-reactive ketones (excluding diaryl/α,β-unsaturated/α-hetero) is 1. The van der Waals surface area contributed by atoms with Gasteiger partial charge in [-0.3, -0.25) is 9.59 Å². The summed E-state index contributed by atoms with van der Waals surface area (Å²) in [5.74, 6) is -0.456. The first kappa shape index (κ1) is 27.1. The summed E-state index contributed by atoms with van der Waals surface area (Å²) in [6.07, 6.45) is 0.646. The molecule has 3 rings (SSSR count). The van der Waals surface area contributed by atoms with E-state index in [0.717, 1.165) is 12.1 Å². The molecule has 0 radical (unpaired) electrons. The first-order chi connectivity index (χ1) is 17.0. The van der Waals surface area contributed by atoms with E-state index in [4.69, 9.17) is 9.47 Å². The first-order valence-corrected chi connectivity index (χ1v) is 12.1. The smallest absolute Gasteiger partial charge is 0.295 e. The minimum atomic E-state index is -0.821. The largest absolute Gasteiger partial charge is 0.507 e. The zero-order valence-electron chi connectivity index (χ0n) is 21.9. The molecule has 2 aromatic rings. The van der Waals surface area contributed by atoms with Gasteiger partial charge in [-0.2, -0.15) is 0 Å². The number of benzene rings is 2. The van der Waals surface area contributed by atoms with Crippen LogP contribution in [0.25, 0.3) is 5.76 Å². The van der Waals surface area contributed by atoms with E-state index in [9.17, 15) is 19.8 Å². The van der Waals surface area contributed by atoms with Gasteiger partial charge in [-0.25, -0.2) is 0 Å². The van der Waals surface area contributed by atoms with Crippen LogP contribution in [0.1, 0.15) is 43.0 Å². The molecule has 8 nitrogen and oxygen atoms in total. The first-order valence-electron chi connectivity index (χ1n) is 12.1. The molecule has 194 valence electrons. The number of aromatic hydroxyl groups is 1. The molecule has 0 spiro atoms. The van der Waals surface area contributed by atoms with E-state index in [1.807, 2.05) is 32.0 Å². The molecule has 1 saturated heterocycles. The molecule has 1 aliphatic rings. The zero-order chi connectivity index (χ0) is 26.6. The van der Waals surface area contributed by atoms with Crippen LogP contribution in [-0.4, -0.2) is 72.6 Å². The van der Waals surface area contributed by atoms with Gasteiger partial charge in [0.25, 0.3) is 11.7 Å². The van der Waals surface area contributed by atoms with Crippen molar-refractivity contribution in [3.8, 4) is 17.2 Å². The Balaban J connectivity index is 2.10. The van der Waals surface area contributed by atoms with E-state index >= 15 is 0 Å².